The van der Waals surface area contributed by atoms with Crippen molar-refractivity contribution in [2.75, 3.05) is 9.80 Å². The number of benzene rings is 9. The fourth-order valence-electron chi connectivity index (χ4n) is 9.21. The van der Waals surface area contributed by atoms with E-state index < -0.39 is 0 Å². The van der Waals surface area contributed by atoms with Gasteiger partial charge in [0.15, 0.2) is 0 Å². The van der Waals surface area contributed by atoms with Crippen LogP contribution in [0.25, 0.3) is 44.5 Å². The van der Waals surface area contributed by atoms with Crippen LogP contribution < -0.4 is 26.2 Å². The third-order valence-electron chi connectivity index (χ3n) is 11.6. The number of rotatable bonds is 6. The van der Waals surface area contributed by atoms with Gasteiger partial charge in [-0.2, -0.15) is 0 Å². The molecule has 0 aromatic heterocycles. The SMILES string of the molecule is c1ccc(-c2ccc(N3c4ccccc4B4c5ccccc5N(c5ccccc5)c5c(-c6ccccc6)cc(-c6ccccc6)c3c54)cc2-c2ccccc2)cc1. The van der Waals surface area contributed by atoms with Gasteiger partial charge in [-0.25, -0.2) is 0 Å². The largest absolute Gasteiger partial charge is 0.311 e. The van der Waals surface area contributed by atoms with Gasteiger partial charge in [-0.15, -0.1) is 0 Å². The molecule has 3 heteroatoms. The molecule has 0 atom stereocenters. The molecule has 0 saturated heterocycles. The fourth-order valence-corrected chi connectivity index (χ4v) is 9.21. The Kier molecular flexibility index (Phi) is 7.96. The second-order valence-corrected chi connectivity index (χ2v) is 14.8. The highest BCUT2D eigenvalue weighted by molar-refractivity contribution is 7.00. The lowest BCUT2D eigenvalue weighted by Crippen LogP contribution is -2.61. The summed E-state index contributed by atoms with van der Waals surface area (Å²) in [6, 6.07) is 82.0. The Balaban J connectivity index is 1.29. The predicted octanol–water partition coefficient (Wildman–Crippen LogP) is 12.4. The Hall–Kier alpha value is -7.36. The quantitative estimate of drug-likeness (QED) is 0.158. The van der Waals surface area contributed by atoms with Gasteiger partial charge >= 0.3 is 0 Å². The van der Waals surface area contributed by atoms with Crippen molar-refractivity contribution in [2.45, 2.75) is 0 Å². The topological polar surface area (TPSA) is 6.48 Å². The Labute approximate surface area is 334 Å². The highest BCUT2D eigenvalue weighted by Gasteiger charge is 2.45. The molecule has 2 nitrogen and oxygen atoms in total. The van der Waals surface area contributed by atoms with Crippen LogP contribution in [0.4, 0.5) is 34.1 Å². The first-order valence-corrected chi connectivity index (χ1v) is 19.7. The smallest absolute Gasteiger partial charge is 0.252 e. The van der Waals surface area contributed by atoms with Gasteiger partial charge < -0.3 is 9.80 Å². The predicted molar refractivity (Wildman–Crippen MR) is 242 cm³/mol. The Bertz CT molecular complexity index is 2890. The Morgan fingerprint density at radius 3 is 1.16 bits per heavy atom. The molecule has 11 rings (SSSR count). The zero-order valence-electron chi connectivity index (χ0n) is 31.3. The molecular weight excluding hydrogens is 687 g/mol. The van der Waals surface area contributed by atoms with Crippen molar-refractivity contribution in [3.8, 4) is 44.5 Å². The summed E-state index contributed by atoms with van der Waals surface area (Å²) < 4.78 is 0. The summed E-state index contributed by atoms with van der Waals surface area (Å²) in [5, 5.41) is 0. The highest BCUT2D eigenvalue weighted by atomic mass is 15.2. The van der Waals surface area contributed by atoms with Crippen LogP contribution in [0.2, 0.25) is 0 Å². The van der Waals surface area contributed by atoms with Gasteiger partial charge in [-0.1, -0.05) is 182 Å². The molecule has 2 aliphatic heterocycles. The maximum Gasteiger partial charge on any atom is 0.252 e. The summed E-state index contributed by atoms with van der Waals surface area (Å²) in [6.45, 7) is 0.00178. The number of fused-ring (bicyclic) bond motifs is 4. The third-order valence-corrected chi connectivity index (χ3v) is 11.6. The van der Waals surface area contributed by atoms with Crippen molar-refractivity contribution in [2.24, 2.45) is 0 Å². The minimum atomic E-state index is 0.00178. The summed E-state index contributed by atoms with van der Waals surface area (Å²) >= 11 is 0. The van der Waals surface area contributed by atoms with Gasteiger partial charge in [-0.05, 0) is 92.2 Å². The zero-order valence-corrected chi connectivity index (χ0v) is 31.3. The van der Waals surface area contributed by atoms with Crippen LogP contribution in [0.5, 0.6) is 0 Å². The fraction of sp³-hybridized carbons (Fsp3) is 0. The van der Waals surface area contributed by atoms with Crippen LogP contribution in [0, 0.1) is 0 Å². The van der Waals surface area contributed by atoms with Gasteiger partial charge in [0, 0.05) is 33.9 Å². The third kappa shape index (κ3) is 5.43. The number of anilines is 6. The maximum atomic E-state index is 2.56. The van der Waals surface area contributed by atoms with Crippen molar-refractivity contribution in [3.05, 3.63) is 224 Å². The normalized spacial score (nSPS) is 12.5. The summed E-state index contributed by atoms with van der Waals surface area (Å²) in [5.74, 6) is 0. The standard InChI is InChI=1S/C54H37BN2/c1-6-20-38(21-7-1)44-35-34-43(36-45(44)39-22-8-2-9-23-39)57-51-33-19-17-31-49(51)55-48-30-16-18-32-50(48)56(42-28-14-5-15-29-42)53-46(40-24-10-3-11-25-40)37-47(54(57)52(53)55)41-26-12-4-13-27-41/h1-37H. The van der Waals surface area contributed by atoms with Crippen molar-refractivity contribution in [1.29, 1.82) is 0 Å². The van der Waals surface area contributed by atoms with Crippen LogP contribution in [0.3, 0.4) is 0 Å². The highest BCUT2D eigenvalue weighted by Crippen LogP contribution is 2.52. The molecule has 9 aromatic rings. The molecule has 0 N–H and O–H groups in total. The van der Waals surface area contributed by atoms with Crippen molar-refractivity contribution in [3.63, 3.8) is 0 Å². The van der Waals surface area contributed by atoms with E-state index in [1.54, 1.807) is 0 Å². The molecule has 0 amide bonds. The van der Waals surface area contributed by atoms with E-state index in [-0.39, 0.29) is 6.71 Å². The lowest BCUT2D eigenvalue weighted by molar-refractivity contribution is 1.25. The molecule has 57 heavy (non-hydrogen) atoms. The van der Waals surface area contributed by atoms with Crippen molar-refractivity contribution < 1.29 is 0 Å². The first kappa shape index (κ1) is 33.0. The van der Waals surface area contributed by atoms with E-state index in [9.17, 15) is 0 Å². The number of hydrogen-bond donors (Lipinski definition) is 0. The van der Waals surface area contributed by atoms with Crippen LogP contribution in [0.15, 0.2) is 224 Å². The Morgan fingerprint density at radius 2 is 0.667 bits per heavy atom. The maximum absolute atomic E-state index is 2.56. The average Bonchev–Trinajstić information content (AvgIpc) is 3.30. The molecule has 0 aliphatic carbocycles. The second-order valence-electron chi connectivity index (χ2n) is 14.8. The number of nitrogens with zero attached hydrogens (tertiary/aromatic N) is 2. The summed E-state index contributed by atoms with van der Waals surface area (Å²) in [4.78, 5) is 5.07. The van der Waals surface area contributed by atoms with Crippen LogP contribution in [-0.2, 0) is 0 Å². The van der Waals surface area contributed by atoms with E-state index in [4.69, 9.17) is 0 Å². The summed E-state index contributed by atoms with van der Waals surface area (Å²) in [6.07, 6.45) is 0. The molecule has 0 fully saturated rings. The summed E-state index contributed by atoms with van der Waals surface area (Å²) in [7, 11) is 0. The van der Waals surface area contributed by atoms with Gasteiger partial charge in [-0.3, -0.25) is 0 Å². The van der Waals surface area contributed by atoms with Crippen molar-refractivity contribution >= 4 is 57.2 Å². The molecule has 2 heterocycles. The van der Waals surface area contributed by atoms with Gasteiger partial charge in [0.25, 0.3) is 6.71 Å². The lowest BCUT2D eigenvalue weighted by atomic mass is 9.33. The summed E-state index contributed by atoms with van der Waals surface area (Å²) in [5.41, 5.74) is 20.6. The van der Waals surface area contributed by atoms with E-state index in [1.807, 2.05) is 0 Å². The van der Waals surface area contributed by atoms with Gasteiger partial charge in [0.1, 0.15) is 0 Å². The molecule has 0 bridgehead atoms. The molecule has 9 aromatic carbocycles. The van der Waals surface area contributed by atoms with Crippen LogP contribution >= 0.6 is 0 Å². The van der Waals surface area contributed by atoms with E-state index in [0.29, 0.717) is 0 Å². The molecule has 266 valence electrons. The minimum Gasteiger partial charge on any atom is -0.311 e. The van der Waals surface area contributed by atoms with E-state index in [0.717, 1.165) is 11.4 Å². The first-order valence-electron chi connectivity index (χ1n) is 19.7. The van der Waals surface area contributed by atoms with Crippen LogP contribution in [0.1, 0.15) is 0 Å². The van der Waals surface area contributed by atoms with Crippen molar-refractivity contribution in [1.82, 2.24) is 0 Å². The molecule has 0 saturated carbocycles. The molecule has 0 unspecified atom stereocenters. The number of hydrogen-bond acceptors (Lipinski definition) is 2. The Morgan fingerprint density at radius 1 is 0.281 bits per heavy atom. The molecular formula is C54H37BN2. The first-order chi connectivity index (χ1) is 28.3. The minimum absolute atomic E-state index is 0.00178. The molecule has 2 aliphatic rings. The zero-order chi connectivity index (χ0) is 37.7. The number of para-hydroxylation sites is 3. The van der Waals surface area contributed by atoms with E-state index in [1.165, 1.54) is 83.6 Å². The lowest BCUT2D eigenvalue weighted by Gasteiger charge is -2.46. The second kappa shape index (κ2) is 13.7. The molecule has 0 radical (unpaired) electrons. The average molecular weight is 725 g/mol. The monoisotopic (exact) mass is 724 g/mol. The van der Waals surface area contributed by atoms with Gasteiger partial charge in [0.05, 0.1) is 11.4 Å². The van der Waals surface area contributed by atoms with E-state index in [2.05, 4.69) is 234 Å². The van der Waals surface area contributed by atoms with Crippen LogP contribution in [-0.4, -0.2) is 6.71 Å². The van der Waals surface area contributed by atoms with Gasteiger partial charge in [0.2, 0.25) is 0 Å². The molecule has 0 spiro atoms. The van der Waals surface area contributed by atoms with E-state index >= 15 is 0 Å².